The molecule has 0 bridgehead atoms. The van der Waals surface area contributed by atoms with Crippen LogP contribution in [0.3, 0.4) is 0 Å². The van der Waals surface area contributed by atoms with E-state index in [2.05, 4.69) is 25.7 Å². The molecule has 1 aliphatic rings. The molecule has 0 amide bonds. The summed E-state index contributed by atoms with van der Waals surface area (Å²) in [6, 6.07) is 6.64. The molecule has 2 N–H and O–H groups in total. The molecule has 7 nitrogen and oxygen atoms in total. The Balaban J connectivity index is 1.57. The van der Waals surface area contributed by atoms with Crippen LogP contribution >= 0.6 is 0 Å². The number of aromatic nitrogens is 3. The van der Waals surface area contributed by atoms with Crippen molar-refractivity contribution in [1.82, 2.24) is 25.4 Å². The second kappa shape index (κ2) is 8.83. The molecule has 2 heterocycles. The van der Waals surface area contributed by atoms with E-state index in [9.17, 15) is 4.39 Å². The molecule has 2 atom stereocenters. The first-order valence-electron chi connectivity index (χ1n) is 9.41. The van der Waals surface area contributed by atoms with E-state index in [4.69, 9.17) is 4.74 Å². The SMILES string of the molecule is CCNC(=NCC(C)Oc1ccccc1F)NC1CCc2nc(C)nn2C1. The Morgan fingerprint density at radius 1 is 1.44 bits per heavy atom. The Bertz CT molecular complexity index is 790. The van der Waals surface area contributed by atoms with Crippen LogP contribution in [-0.2, 0) is 13.0 Å². The number of benzene rings is 1. The standard InChI is InChI=1S/C19H27FN6O/c1-4-21-19(22-11-13(2)27-17-8-6-5-7-16(17)20)24-15-9-10-18-23-14(3)25-26(18)12-15/h5-8,13,15H,4,9-12H2,1-3H3,(H2,21,22,24). The number of guanidine groups is 1. The van der Waals surface area contributed by atoms with Crippen LogP contribution in [0.5, 0.6) is 5.75 Å². The Hall–Kier alpha value is -2.64. The third kappa shape index (κ3) is 5.18. The lowest BCUT2D eigenvalue weighted by atomic mass is 10.1. The van der Waals surface area contributed by atoms with Crippen LogP contribution < -0.4 is 15.4 Å². The van der Waals surface area contributed by atoms with Crippen molar-refractivity contribution in [2.24, 2.45) is 4.99 Å². The summed E-state index contributed by atoms with van der Waals surface area (Å²) >= 11 is 0. The Kier molecular flexibility index (Phi) is 6.26. The molecule has 2 aromatic rings. The minimum absolute atomic E-state index is 0.235. The van der Waals surface area contributed by atoms with Gasteiger partial charge >= 0.3 is 0 Å². The van der Waals surface area contributed by atoms with Gasteiger partial charge in [-0.05, 0) is 39.3 Å². The van der Waals surface area contributed by atoms with Gasteiger partial charge in [0.25, 0.3) is 0 Å². The summed E-state index contributed by atoms with van der Waals surface area (Å²) in [6.45, 7) is 7.76. The van der Waals surface area contributed by atoms with E-state index < -0.39 is 0 Å². The normalized spacial score (nSPS) is 17.9. The van der Waals surface area contributed by atoms with Crippen molar-refractivity contribution in [3.8, 4) is 5.75 Å². The van der Waals surface area contributed by atoms with Crippen LogP contribution in [0.4, 0.5) is 4.39 Å². The second-order valence-electron chi connectivity index (χ2n) is 6.72. The van der Waals surface area contributed by atoms with Crippen LogP contribution in [0.25, 0.3) is 0 Å². The highest BCUT2D eigenvalue weighted by molar-refractivity contribution is 5.80. The zero-order valence-electron chi connectivity index (χ0n) is 16.1. The molecule has 27 heavy (non-hydrogen) atoms. The van der Waals surface area contributed by atoms with Gasteiger partial charge in [-0.1, -0.05) is 12.1 Å². The van der Waals surface area contributed by atoms with Gasteiger partial charge in [0.1, 0.15) is 17.8 Å². The lowest BCUT2D eigenvalue weighted by Crippen LogP contribution is -2.47. The van der Waals surface area contributed by atoms with Crippen molar-refractivity contribution in [1.29, 1.82) is 0 Å². The molecule has 2 unspecified atom stereocenters. The van der Waals surface area contributed by atoms with Gasteiger partial charge in [0.05, 0.1) is 13.1 Å². The van der Waals surface area contributed by atoms with Crippen molar-refractivity contribution >= 4 is 5.96 Å². The van der Waals surface area contributed by atoms with Gasteiger partial charge in [-0.15, -0.1) is 0 Å². The number of aryl methyl sites for hydroxylation is 2. The topological polar surface area (TPSA) is 76.4 Å². The predicted octanol–water partition coefficient (Wildman–Crippen LogP) is 2.06. The maximum atomic E-state index is 13.7. The minimum Gasteiger partial charge on any atom is -0.486 e. The maximum absolute atomic E-state index is 13.7. The molecule has 0 spiro atoms. The highest BCUT2D eigenvalue weighted by Crippen LogP contribution is 2.17. The molecule has 0 saturated carbocycles. The van der Waals surface area contributed by atoms with Crippen LogP contribution in [0, 0.1) is 12.7 Å². The summed E-state index contributed by atoms with van der Waals surface area (Å²) < 4.78 is 21.3. The maximum Gasteiger partial charge on any atom is 0.191 e. The number of nitrogens with zero attached hydrogens (tertiary/aromatic N) is 4. The molecule has 1 aromatic carbocycles. The van der Waals surface area contributed by atoms with Crippen molar-refractivity contribution in [3.05, 3.63) is 41.7 Å². The van der Waals surface area contributed by atoms with Crippen LogP contribution in [0.1, 0.15) is 31.9 Å². The average molecular weight is 374 g/mol. The van der Waals surface area contributed by atoms with Crippen molar-refractivity contribution in [3.63, 3.8) is 0 Å². The largest absolute Gasteiger partial charge is 0.486 e. The number of fused-ring (bicyclic) bond motifs is 1. The molecular formula is C19H27FN6O. The average Bonchev–Trinajstić information content (AvgIpc) is 3.01. The summed E-state index contributed by atoms with van der Waals surface area (Å²) in [5.41, 5.74) is 0. The number of halogens is 1. The van der Waals surface area contributed by atoms with Gasteiger partial charge in [-0.3, -0.25) is 0 Å². The molecule has 0 radical (unpaired) electrons. The molecule has 0 fully saturated rings. The zero-order valence-corrected chi connectivity index (χ0v) is 16.1. The van der Waals surface area contributed by atoms with E-state index in [0.29, 0.717) is 6.54 Å². The van der Waals surface area contributed by atoms with E-state index in [1.54, 1.807) is 18.2 Å². The molecule has 1 aliphatic heterocycles. The number of aliphatic imine (C=N–C) groups is 1. The van der Waals surface area contributed by atoms with Crippen molar-refractivity contribution in [2.75, 3.05) is 13.1 Å². The molecular weight excluding hydrogens is 347 g/mol. The number of para-hydroxylation sites is 1. The molecule has 0 aliphatic carbocycles. The molecule has 8 heteroatoms. The van der Waals surface area contributed by atoms with E-state index >= 15 is 0 Å². The quantitative estimate of drug-likeness (QED) is 0.598. The van der Waals surface area contributed by atoms with E-state index in [1.807, 2.05) is 25.5 Å². The summed E-state index contributed by atoms with van der Waals surface area (Å²) in [5, 5.41) is 11.1. The first-order chi connectivity index (χ1) is 13.0. The third-order valence-corrected chi connectivity index (χ3v) is 4.32. The fourth-order valence-electron chi connectivity index (χ4n) is 3.08. The summed E-state index contributed by atoms with van der Waals surface area (Å²) in [7, 11) is 0. The fourth-order valence-corrected chi connectivity index (χ4v) is 3.08. The Morgan fingerprint density at radius 2 is 2.26 bits per heavy atom. The molecule has 146 valence electrons. The lowest BCUT2D eigenvalue weighted by Gasteiger charge is -2.25. The van der Waals surface area contributed by atoms with E-state index in [1.165, 1.54) is 6.07 Å². The molecule has 3 rings (SSSR count). The van der Waals surface area contributed by atoms with Crippen molar-refractivity contribution in [2.45, 2.75) is 52.3 Å². The van der Waals surface area contributed by atoms with Gasteiger partial charge in [0, 0.05) is 19.0 Å². The lowest BCUT2D eigenvalue weighted by molar-refractivity contribution is 0.220. The van der Waals surface area contributed by atoms with E-state index in [0.717, 1.165) is 43.5 Å². The summed E-state index contributed by atoms with van der Waals surface area (Å²) in [6.07, 6.45) is 1.63. The third-order valence-electron chi connectivity index (χ3n) is 4.32. The van der Waals surface area contributed by atoms with Gasteiger partial charge in [-0.25, -0.2) is 19.0 Å². The number of nitrogens with one attached hydrogen (secondary N) is 2. The minimum atomic E-state index is -0.362. The fraction of sp³-hybridized carbons (Fsp3) is 0.526. The summed E-state index contributed by atoms with van der Waals surface area (Å²) in [5.74, 6) is 2.47. The van der Waals surface area contributed by atoms with Crippen LogP contribution in [0.15, 0.2) is 29.3 Å². The molecule has 1 aromatic heterocycles. The zero-order chi connectivity index (χ0) is 19.2. The Morgan fingerprint density at radius 3 is 3.04 bits per heavy atom. The number of rotatable bonds is 6. The summed E-state index contributed by atoms with van der Waals surface area (Å²) in [4.78, 5) is 9.03. The van der Waals surface area contributed by atoms with Gasteiger partial charge < -0.3 is 15.4 Å². The highest BCUT2D eigenvalue weighted by atomic mass is 19.1. The number of hydrogen-bond donors (Lipinski definition) is 2. The van der Waals surface area contributed by atoms with Crippen LogP contribution in [0.2, 0.25) is 0 Å². The van der Waals surface area contributed by atoms with Crippen molar-refractivity contribution < 1.29 is 9.13 Å². The second-order valence-corrected chi connectivity index (χ2v) is 6.72. The smallest absolute Gasteiger partial charge is 0.191 e. The Labute approximate surface area is 159 Å². The van der Waals surface area contributed by atoms with Gasteiger partial charge in [-0.2, -0.15) is 5.10 Å². The van der Waals surface area contributed by atoms with Gasteiger partial charge in [0.2, 0.25) is 0 Å². The predicted molar refractivity (Wildman–Crippen MR) is 102 cm³/mol. The van der Waals surface area contributed by atoms with E-state index in [-0.39, 0.29) is 23.7 Å². The van der Waals surface area contributed by atoms with Crippen LogP contribution in [-0.4, -0.2) is 46.0 Å². The number of hydrogen-bond acceptors (Lipinski definition) is 4. The number of ether oxygens (including phenoxy) is 1. The monoisotopic (exact) mass is 374 g/mol. The molecule has 0 saturated heterocycles. The highest BCUT2D eigenvalue weighted by Gasteiger charge is 2.21. The van der Waals surface area contributed by atoms with Gasteiger partial charge in [0.15, 0.2) is 17.5 Å². The first-order valence-corrected chi connectivity index (χ1v) is 9.41. The first kappa shape index (κ1) is 19.1.